The molecular weight excluding hydrogens is 779 g/mol. The number of hydrogen-bond donors (Lipinski definition) is 0. The van der Waals surface area contributed by atoms with E-state index in [-0.39, 0.29) is 10.8 Å². The van der Waals surface area contributed by atoms with Gasteiger partial charge in [-0.05, 0) is 117 Å². The molecule has 12 rings (SSSR count). The number of hydrogen-bond acceptors (Lipinski definition) is 1. The van der Waals surface area contributed by atoms with E-state index >= 15 is 0 Å². The van der Waals surface area contributed by atoms with Gasteiger partial charge in [0.15, 0.2) is 23.0 Å². The van der Waals surface area contributed by atoms with E-state index in [1.54, 1.807) is 12.1 Å². The van der Waals surface area contributed by atoms with Gasteiger partial charge in [-0.15, -0.1) is 9.13 Å². The third-order valence-corrected chi connectivity index (χ3v) is 13.9. The fraction of sp³-hybridized carbons (Fsp3) is 0.200. The van der Waals surface area contributed by atoms with Crippen LogP contribution in [-0.4, -0.2) is 4.57 Å². The maximum absolute atomic E-state index is 8.09. The summed E-state index contributed by atoms with van der Waals surface area (Å²) in [5, 5.41) is 0. The predicted octanol–water partition coefficient (Wildman–Crippen LogP) is 13.9. The Labute approximate surface area is 380 Å². The Kier molecular flexibility index (Phi) is 7.46. The van der Waals surface area contributed by atoms with Crippen LogP contribution in [0.3, 0.4) is 0 Å². The van der Waals surface area contributed by atoms with Crippen molar-refractivity contribution < 1.29 is 18.0 Å². The SMILES string of the molecule is [2H]C([2H])([2H])c1ccc(-c2cc[n+]3c(c2)-c2cc(-c4ccccc4)cc4c2C32Oc3c(cc(C(C)(C)C)cc3C(C)(C)C)-c3n(-c5ccc(-c6ccccc6)c(CC)c5)c5cccc-4c5[n+]32)cc1. The summed E-state index contributed by atoms with van der Waals surface area (Å²) in [5.41, 5.74) is 20.2. The van der Waals surface area contributed by atoms with E-state index in [1.807, 2.05) is 12.1 Å². The van der Waals surface area contributed by atoms with Crippen molar-refractivity contribution in [3.05, 3.63) is 192 Å². The summed E-state index contributed by atoms with van der Waals surface area (Å²) in [4.78, 5) is 0. The van der Waals surface area contributed by atoms with Crippen LogP contribution in [0, 0.1) is 6.85 Å². The predicted molar refractivity (Wildman–Crippen MR) is 261 cm³/mol. The average Bonchev–Trinajstić information content (AvgIpc) is 3.82. The maximum Gasteiger partial charge on any atom is 0.499 e. The summed E-state index contributed by atoms with van der Waals surface area (Å²) in [7, 11) is 0. The largest absolute Gasteiger partial charge is 0.499 e. The molecule has 4 nitrogen and oxygen atoms in total. The molecule has 0 saturated carbocycles. The summed E-state index contributed by atoms with van der Waals surface area (Å²) in [5.74, 6) is 0.807. The van der Waals surface area contributed by atoms with Crippen molar-refractivity contribution in [3.63, 3.8) is 0 Å². The molecule has 0 radical (unpaired) electrons. The zero-order valence-electron chi connectivity index (χ0n) is 40.5. The fourth-order valence-corrected chi connectivity index (χ4v) is 10.7. The van der Waals surface area contributed by atoms with Gasteiger partial charge in [0.2, 0.25) is 5.69 Å². The van der Waals surface area contributed by atoms with Gasteiger partial charge in [0.1, 0.15) is 16.8 Å². The number of imidazole rings is 1. The number of benzene rings is 7. The van der Waals surface area contributed by atoms with Crippen LogP contribution in [0.25, 0.3) is 83.9 Å². The van der Waals surface area contributed by atoms with Gasteiger partial charge >= 0.3 is 11.7 Å². The van der Waals surface area contributed by atoms with E-state index in [0.717, 1.165) is 96.0 Å². The summed E-state index contributed by atoms with van der Waals surface area (Å²) in [6.45, 7) is 13.9. The third-order valence-electron chi connectivity index (χ3n) is 13.9. The van der Waals surface area contributed by atoms with E-state index in [4.69, 9.17) is 8.85 Å². The highest BCUT2D eigenvalue weighted by Crippen LogP contribution is 2.56. The lowest BCUT2D eigenvalue weighted by atomic mass is 9.78. The first kappa shape index (κ1) is 35.4. The number of aromatic nitrogens is 3. The van der Waals surface area contributed by atoms with Crippen LogP contribution < -0.4 is 13.9 Å². The molecule has 9 aromatic rings. The number of nitrogens with zero attached hydrogens (tertiary/aromatic N) is 3. The smallest absolute Gasteiger partial charge is 0.392 e. The molecule has 2 aromatic heterocycles. The van der Waals surface area contributed by atoms with Gasteiger partial charge in [0.25, 0.3) is 0 Å². The van der Waals surface area contributed by atoms with E-state index < -0.39 is 12.7 Å². The molecule has 64 heavy (non-hydrogen) atoms. The van der Waals surface area contributed by atoms with Gasteiger partial charge in [0.05, 0.1) is 5.56 Å². The van der Waals surface area contributed by atoms with E-state index in [1.165, 1.54) is 22.3 Å². The van der Waals surface area contributed by atoms with Crippen LogP contribution in [-0.2, 0) is 23.1 Å². The Morgan fingerprint density at radius 1 is 0.594 bits per heavy atom. The van der Waals surface area contributed by atoms with Crippen LogP contribution >= 0.6 is 0 Å². The van der Waals surface area contributed by atoms with E-state index in [0.29, 0.717) is 5.56 Å². The number of para-hydroxylation sites is 1. The van der Waals surface area contributed by atoms with Crippen molar-refractivity contribution in [2.75, 3.05) is 0 Å². The van der Waals surface area contributed by atoms with Gasteiger partial charge in [-0.25, -0.2) is 0 Å². The van der Waals surface area contributed by atoms with Gasteiger partial charge in [-0.1, -0.05) is 151 Å². The molecule has 3 aliphatic heterocycles. The lowest BCUT2D eigenvalue weighted by Crippen LogP contribution is -2.78. The second-order valence-corrected chi connectivity index (χ2v) is 19.9. The minimum Gasteiger partial charge on any atom is -0.392 e. The van der Waals surface area contributed by atoms with E-state index in [2.05, 4.69) is 202 Å². The molecule has 0 bridgehead atoms. The maximum atomic E-state index is 8.09. The zero-order valence-corrected chi connectivity index (χ0v) is 37.5. The Balaban J connectivity index is 1.24. The van der Waals surface area contributed by atoms with Crippen LogP contribution in [0.4, 0.5) is 0 Å². The number of aryl methyl sites for hydroxylation is 2. The molecule has 1 atom stereocenters. The minimum absolute atomic E-state index is 0.138. The molecule has 1 spiro atoms. The molecule has 0 saturated heterocycles. The summed E-state index contributed by atoms with van der Waals surface area (Å²) >= 11 is 0. The molecule has 1 unspecified atom stereocenters. The Morgan fingerprint density at radius 3 is 2.02 bits per heavy atom. The van der Waals surface area contributed by atoms with Gasteiger partial charge in [-0.2, -0.15) is 4.57 Å². The average molecular weight is 835 g/mol. The first-order valence-corrected chi connectivity index (χ1v) is 22.6. The molecule has 312 valence electrons. The Hall–Kier alpha value is -7.04. The van der Waals surface area contributed by atoms with E-state index in [9.17, 15) is 0 Å². The highest BCUT2D eigenvalue weighted by Gasteiger charge is 2.69. The number of pyridine rings is 1. The number of ether oxygens (including phenoxy) is 1. The van der Waals surface area contributed by atoms with Crippen molar-refractivity contribution >= 4 is 11.0 Å². The lowest BCUT2D eigenvalue weighted by Gasteiger charge is -2.36. The zero-order chi connectivity index (χ0) is 46.4. The van der Waals surface area contributed by atoms with Crippen LogP contribution in [0.5, 0.6) is 5.75 Å². The molecule has 0 N–H and O–H groups in total. The molecule has 7 aromatic carbocycles. The lowest BCUT2D eigenvalue weighted by molar-refractivity contribution is -0.997. The molecule has 0 amide bonds. The molecule has 0 aliphatic carbocycles. The van der Waals surface area contributed by atoms with Crippen molar-refractivity contribution in [1.29, 1.82) is 0 Å². The highest BCUT2D eigenvalue weighted by atomic mass is 16.5. The monoisotopic (exact) mass is 834 g/mol. The standard InChI is InChI=1S/C60H53N3O/c1-9-38-31-45(27-28-46(38)41-19-14-11-15-20-41)62-52-22-16-21-47-48-32-43(39-17-12-10-13-18-39)33-49-53-34-42(40-25-23-37(2)24-26-40)29-30-61(53)60(54(48)49)63(55(47)52)57(62)50-35-44(58(3,4)5)36-51(56(50)64-60)59(6,7)8/h10-36H,9H2,1-8H3/q+2/i2D3. The molecule has 5 heterocycles. The Morgan fingerprint density at radius 2 is 1.31 bits per heavy atom. The summed E-state index contributed by atoms with van der Waals surface area (Å²) < 4.78 is 39.6. The molecule has 0 fully saturated rings. The third kappa shape index (κ3) is 5.41. The summed E-state index contributed by atoms with van der Waals surface area (Å²) in [6.07, 6.45) is 3.07. The van der Waals surface area contributed by atoms with Crippen molar-refractivity contribution in [3.8, 4) is 78.6 Å². The van der Waals surface area contributed by atoms with Crippen molar-refractivity contribution in [2.24, 2.45) is 0 Å². The van der Waals surface area contributed by atoms with Crippen molar-refractivity contribution in [2.45, 2.75) is 78.4 Å². The van der Waals surface area contributed by atoms with Crippen molar-refractivity contribution in [1.82, 2.24) is 4.57 Å². The highest BCUT2D eigenvalue weighted by molar-refractivity contribution is 5.99. The molecule has 3 aliphatic rings. The first-order valence-electron chi connectivity index (χ1n) is 24.1. The number of fused-ring (bicyclic) bond motifs is 5. The Bertz CT molecular complexity index is 3520. The van der Waals surface area contributed by atoms with Crippen LogP contribution in [0.2, 0.25) is 0 Å². The summed E-state index contributed by atoms with van der Waals surface area (Å²) in [6, 6.07) is 56.4. The van der Waals surface area contributed by atoms with Gasteiger partial charge in [0, 0.05) is 32.9 Å². The van der Waals surface area contributed by atoms with Gasteiger partial charge in [-0.3, -0.25) is 0 Å². The van der Waals surface area contributed by atoms with Crippen LogP contribution in [0.15, 0.2) is 164 Å². The van der Waals surface area contributed by atoms with Crippen LogP contribution in [0.1, 0.15) is 80.4 Å². The second kappa shape index (κ2) is 13.5. The number of rotatable bonds is 5. The molecule has 4 heteroatoms. The second-order valence-electron chi connectivity index (χ2n) is 19.9. The fourth-order valence-electron chi connectivity index (χ4n) is 10.7. The normalized spacial score (nSPS) is 16.3. The topological polar surface area (TPSA) is 21.9 Å². The molecular formula is C60H53N3O+2. The minimum atomic E-state index is -2.18. The van der Waals surface area contributed by atoms with Gasteiger partial charge < -0.3 is 4.74 Å². The quantitative estimate of drug-likeness (QED) is 0.158. The first-order chi connectivity index (χ1) is 32.1.